The second kappa shape index (κ2) is 6.89. The van der Waals surface area contributed by atoms with Crippen molar-refractivity contribution in [1.29, 1.82) is 0 Å². The summed E-state index contributed by atoms with van der Waals surface area (Å²) in [5.74, 6) is -1.39. The highest BCUT2D eigenvalue weighted by Crippen LogP contribution is 2.27. The van der Waals surface area contributed by atoms with Crippen LogP contribution in [0, 0.1) is 6.92 Å². The van der Waals surface area contributed by atoms with Crippen LogP contribution in [0.2, 0.25) is 0 Å². The molecular formula is C12H15NO5S. The normalized spacial score (nSPS) is 9.84. The summed E-state index contributed by atoms with van der Waals surface area (Å²) in [7, 11) is 0. The molecule has 0 saturated heterocycles. The predicted molar refractivity (Wildman–Crippen MR) is 70.3 cm³/mol. The first kappa shape index (κ1) is 15.2. The lowest BCUT2D eigenvalue weighted by Crippen LogP contribution is -2.19. The molecule has 0 radical (unpaired) electrons. The zero-order valence-corrected chi connectivity index (χ0v) is 11.8. The van der Waals surface area contributed by atoms with Crippen molar-refractivity contribution in [2.75, 3.05) is 18.5 Å². The minimum atomic E-state index is -0.523. The van der Waals surface area contributed by atoms with Crippen LogP contribution in [0.1, 0.15) is 29.1 Å². The third-order valence-electron chi connectivity index (χ3n) is 2.05. The third-order valence-corrected chi connectivity index (χ3v) is 3.18. The second-order valence-corrected chi connectivity index (χ2v) is 4.72. The van der Waals surface area contributed by atoms with Crippen LogP contribution in [0.3, 0.4) is 0 Å². The number of thiophene rings is 1. The molecular weight excluding hydrogens is 270 g/mol. The Bertz CT molecular complexity index is 494. The van der Waals surface area contributed by atoms with E-state index in [1.165, 1.54) is 6.92 Å². The average Bonchev–Trinajstić information content (AvgIpc) is 2.68. The highest BCUT2D eigenvalue weighted by Gasteiger charge is 2.16. The van der Waals surface area contributed by atoms with E-state index in [0.29, 0.717) is 16.5 Å². The predicted octanol–water partition coefficient (Wildman–Crippen LogP) is 1.73. The summed E-state index contributed by atoms with van der Waals surface area (Å²) in [5.41, 5.74) is 0.728. The summed E-state index contributed by atoms with van der Waals surface area (Å²) in [6.45, 7) is 4.65. The van der Waals surface area contributed by atoms with E-state index >= 15 is 0 Å². The molecule has 0 aliphatic heterocycles. The monoisotopic (exact) mass is 285 g/mol. The number of hydrogen-bond donors (Lipinski definition) is 1. The summed E-state index contributed by atoms with van der Waals surface area (Å²) in [4.78, 5) is 34.0. The van der Waals surface area contributed by atoms with Crippen molar-refractivity contribution in [3.8, 4) is 0 Å². The number of rotatable bonds is 5. The van der Waals surface area contributed by atoms with Crippen molar-refractivity contribution in [3.63, 3.8) is 0 Å². The SMILES string of the molecule is CCOC(=O)c1sc(NC(=O)COC(C)=O)cc1C. The maximum absolute atomic E-state index is 11.6. The van der Waals surface area contributed by atoms with Crippen molar-refractivity contribution in [1.82, 2.24) is 0 Å². The van der Waals surface area contributed by atoms with Gasteiger partial charge in [-0.1, -0.05) is 0 Å². The Kier molecular flexibility index (Phi) is 5.50. The quantitative estimate of drug-likeness (QED) is 0.833. The summed E-state index contributed by atoms with van der Waals surface area (Å²) >= 11 is 1.12. The van der Waals surface area contributed by atoms with Crippen molar-refractivity contribution in [2.45, 2.75) is 20.8 Å². The molecule has 0 aliphatic carbocycles. The molecule has 0 spiro atoms. The van der Waals surface area contributed by atoms with E-state index in [1.54, 1.807) is 19.9 Å². The Balaban J connectivity index is 2.65. The molecule has 1 rings (SSSR count). The van der Waals surface area contributed by atoms with Crippen LogP contribution in [-0.4, -0.2) is 31.1 Å². The topological polar surface area (TPSA) is 81.7 Å². The van der Waals surface area contributed by atoms with Crippen molar-refractivity contribution in [2.24, 2.45) is 0 Å². The fourth-order valence-corrected chi connectivity index (χ4v) is 2.27. The van der Waals surface area contributed by atoms with E-state index in [0.717, 1.165) is 16.9 Å². The maximum atomic E-state index is 11.6. The minimum Gasteiger partial charge on any atom is -0.462 e. The van der Waals surface area contributed by atoms with Gasteiger partial charge in [-0.05, 0) is 25.5 Å². The minimum absolute atomic E-state index is 0.296. The van der Waals surface area contributed by atoms with Crippen molar-refractivity contribution >= 4 is 34.2 Å². The molecule has 0 unspecified atom stereocenters. The maximum Gasteiger partial charge on any atom is 0.348 e. The molecule has 104 valence electrons. The Morgan fingerprint density at radius 1 is 1.32 bits per heavy atom. The summed E-state index contributed by atoms with van der Waals surface area (Å²) < 4.78 is 9.46. The Morgan fingerprint density at radius 2 is 2.00 bits per heavy atom. The van der Waals surface area contributed by atoms with Crippen molar-refractivity contribution in [3.05, 3.63) is 16.5 Å². The van der Waals surface area contributed by atoms with Crippen LogP contribution < -0.4 is 5.32 Å². The van der Waals surface area contributed by atoms with E-state index < -0.39 is 17.8 Å². The number of nitrogens with one attached hydrogen (secondary N) is 1. The number of esters is 2. The Labute approximate surface area is 114 Å². The van der Waals surface area contributed by atoms with Crippen LogP contribution in [0.15, 0.2) is 6.07 Å². The van der Waals surface area contributed by atoms with Gasteiger partial charge in [-0.3, -0.25) is 9.59 Å². The first-order valence-electron chi connectivity index (χ1n) is 5.64. The first-order chi connectivity index (χ1) is 8.93. The fourth-order valence-electron chi connectivity index (χ4n) is 1.28. The molecule has 19 heavy (non-hydrogen) atoms. The highest BCUT2D eigenvalue weighted by atomic mass is 32.1. The van der Waals surface area contributed by atoms with E-state index in [-0.39, 0.29) is 6.61 Å². The Morgan fingerprint density at radius 3 is 2.58 bits per heavy atom. The van der Waals surface area contributed by atoms with Gasteiger partial charge < -0.3 is 14.8 Å². The van der Waals surface area contributed by atoms with E-state index in [9.17, 15) is 14.4 Å². The van der Waals surface area contributed by atoms with E-state index in [2.05, 4.69) is 10.1 Å². The van der Waals surface area contributed by atoms with Gasteiger partial charge >= 0.3 is 11.9 Å². The van der Waals surface area contributed by atoms with Gasteiger partial charge in [0.2, 0.25) is 0 Å². The lowest BCUT2D eigenvalue weighted by Gasteiger charge is -2.02. The van der Waals surface area contributed by atoms with Gasteiger partial charge in [0.05, 0.1) is 11.6 Å². The van der Waals surface area contributed by atoms with Gasteiger partial charge in [0.25, 0.3) is 5.91 Å². The molecule has 1 aromatic heterocycles. The van der Waals surface area contributed by atoms with Crippen molar-refractivity contribution < 1.29 is 23.9 Å². The zero-order chi connectivity index (χ0) is 14.4. The molecule has 6 nitrogen and oxygen atoms in total. The van der Waals surface area contributed by atoms with Gasteiger partial charge in [-0.2, -0.15) is 0 Å². The molecule has 0 fully saturated rings. The largest absolute Gasteiger partial charge is 0.462 e. The summed E-state index contributed by atoms with van der Waals surface area (Å²) in [5, 5.41) is 3.06. The lowest BCUT2D eigenvalue weighted by atomic mass is 10.3. The molecule has 1 heterocycles. The van der Waals surface area contributed by atoms with Crippen LogP contribution in [0.5, 0.6) is 0 Å². The fraction of sp³-hybridized carbons (Fsp3) is 0.417. The zero-order valence-electron chi connectivity index (χ0n) is 10.9. The smallest absolute Gasteiger partial charge is 0.348 e. The number of amides is 1. The molecule has 1 amide bonds. The van der Waals surface area contributed by atoms with Gasteiger partial charge in [0, 0.05) is 6.92 Å². The first-order valence-corrected chi connectivity index (χ1v) is 6.46. The number of anilines is 1. The molecule has 0 aliphatic rings. The lowest BCUT2D eigenvalue weighted by molar-refractivity contribution is -0.144. The molecule has 1 aromatic rings. The van der Waals surface area contributed by atoms with Gasteiger partial charge in [-0.25, -0.2) is 4.79 Å². The standard InChI is InChI=1S/C12H15NO5S/c1-4-17-12(16)11-7(2)5-10(19-11)13-9(15)6-18-8(3)14/h5H,4,6H2,1-3H3,(H,13,15). The van der Waals surface area contributed by atoms with Gasteiger partial charge in [0.1, 0.15) is 4.88 Å². The molecule has 7 heteroatoms. The Hall–Kier alpha value is -1.89. The summed E-state index contributed by atoms with van der Waals surface area (Å²) in [6, 6.07) is 1.67. The van der Waals surface area contributed by atoms with Crippen LogP contribution >= 0.6 is 11.3 Å². The van der Waals surface area contributed by atoms with E-state index in [4.69, 9.17) is 4.74 Å². The molecule has 0 bridgehead atoms. The molecule has 0 saturated carbocycles. The molecule has 0 aromatic carbocycles. The highest BCUT2D eigenvalue weighted by molar-refractivity contribution is 7.18. The van der Waals surface area contributed by atoms with Gasteiger partial charge in [-0.15, -0.1) is 11.3 Å². The van der Waals surface area contributed by atoms with E-state index in [1.807, 2.05) is 0 Å². The number of carbonyl (C=O) groups is 3. The number of hydrogen-bond acceptors (Lipinski definition) is 6. The number of ether oxygens (including phenoxy) is 2. The number of carbonyl (C=O) groups excluding carboxylic acids is 3. The van der Waals surface area contributed by atoms with Crippen LogP contribution in [0.25, 0.3) is 0 Å². The van der Waals surface area contributed by atoms with Crippen LogP contribution in [-0.2, 0) is 19.1 Å². The third kappa shape index (κ3) is 4.70. The number of aryl methyl sites for hydroxylation is 1. The second-order valence-electron chi connectivity index (χ2n) is 3.67. The average molecular weight is 285 g/mol. The molecule has 0 atom stereocenters. The molecule has 1 N–H and O–H groups in total. The van der Waals surface area contributed by atoms with Gasteiger partial charge in [0.15, 0.2) is 6.61 Å². The summed E-state index contributed by atoms with van der Waals surface area (Å²) in [6.07, 6.45) is 0. The van der Waals surface area contributed by atoms with Crippen LogP contribution in [0.4, 0.5) is 5.00 Å².